The minimum Gasteiger partial charge on any atom is -0.495 e. The van der Waals surface area contributed by atoms with Crippen LogP contribution in [0.25, 0.3) is 0 Å². The third-order valence-corrected chi connectivity index (χ3v) is 3.60. The van der Waals surface area contributed by atoms with Crippen LogP contribution in [-0.2, 0) is 16.0 Å². The molecule has 0 saturated heterocycles. The molecule has 0 amide bonds. The molecule has 4 nitrogen and oxygen atoms in total. The number of fused-ring (bicyclic) bond motifs is 1. The minimum atomic E-state index is -0.477. The van der Waals surface area contributed by atoms with Crippen molar-refractivity contribution in [2.45, 2.75) is 38.8 Å². The summed E-state index contributed by atoms with van der Waals surface area (Å²) in [7, 11) is 1.62. The Morgan fingerprint density at radius 2 is 2.11 bits per heavy atom. The van der Waals surface area contributed by atoms with Crippen LogP contribution in [0.1, 0.15) is 26.3 Å². The highest BCUT2D eigenvalue weighted by atomic mass is 79.9. The van der Waals surface area contributed by atoms with Gasteiger partial charge in [0, 0.05) is 10.9 Å². The van der Waals surface area contributed by atoms with Gasteiger partial charge in [-0.05, 0) is 38.5 Å². The first-order chi connectivity index (χ1) is 8.81. The lowest BCUT2D eigenvalue weighted by Gasteiger charge is -2.22. The molecule has 5 heteroatoms. The first kappa shape index (κ1) is 14.2. The van der Waals surface area contributed by atoms with E-state index in [1.165, 1.54) is 0 Å². The van der Waals surface area contributed by atoms with Crippen LogP contribution >= 0.6 is 15.9 Å². The summed E-state index contributed by atoms with van der Waals surface area (Å²) in [5.41, 5.74) is 1.44. The maximum absolute atomic E-state index is 12.1. The van der Waals surface area contributed by atoms with Crippen molar-refractivity contribution >= 4 is 27.6 Å². The Hall–Kier alpha value is -1.23. The zero-order chi connectivity index (χ0) is 14.2. The molecule has 1 aliphatic rings. The van der Waals surface area contributed by atoms with E-state index in [9.17, 15) is 4.79 Å². The summed E-state index contributed by atoms with van der Waals surface area (Å²) in [5, 5.41) is 3.19. The van der Waals surface area contributed by atoms with E-state index >= 15 is 0 Å². The molecule has 1 N–H and O–H groups in total. The molecule has 0 unspecified atom stereocenters. The fourth-order valence-corrected chi connectivity index (χ4v) is 2.57. The molecule has 0 spiro atoms. The van der Waals surface area contributed by atoms with Gasteiger partial charge in [-0.3, -0.25) is 0 Å². The van der Waals surface area contributed by atoms with E-state index in [2.05, 4.69) is 21.2 Å². The molecule has 0 bridgehead atoms. The van der Waals surface area contributed by atoms with Gasteiger partial charge in [-0.1, -0.05) is 15.9 Å². The van der Waals surface area contributed by atoms with Crippen molar-refractivity contribution in [2.75, 3.05) is 12.4 Å². The smallest absolute Gasteiger partial charge is 0.329 e. The fourth-order valence-electron chi connectivity index (χ4n) is 2.07. The van der Waals surface area contributed by atoms with Gasteiger partial charge in [0.15, 0.2) is 0 Å². The maximum Gasteiger partial charge on any atom is 0.329 e. The summed E-state index contributed by atoms with van der Waals surface area (Å²) in [4.78, 5) is 12.1. The highest BCUT2D eigenvalue weighted by Gasteiger charge is 2.33. The Morgan fingerprint density at radius 3 is 2.68 bits per heavy atom. The normalized spacial score (nSPS) is 17.6. The molecule has 1 aliphatic heterocycles. The van der Waals surface area contributed by atoms with Gasteiger partial charge in [0.25, 0.3) is 0 Å². The summed E-state index contributed by atoms with van der Waals surface area (Å²) in [6, 6.07) is 3.44. The summed E-state index contributed by atoms with van der Waals surface area (Å²) in [6.07, 6.45) is 0.599. The van der Waals surface area contributed by atoms with E-state index in [0.29, 0.717) is 6.42 Å². The van der Waals surface area contributed by atoms with Crippen LogP contribution in [0.15, 0.2) is 16.6 Å². The molecule has 1 heterocycles. The van der Waals surface area contributed by atoms with E-state index < -0.39 is 5.60 Å². The summed E-state index contributed by atoms with van der Waals surface area (Å²) >= 11 is 3.50. The minimum absolute atomic E-state index is 0.238. The van der Waals surface area contributed by atoms with Crippen LogP contribution in [0, 0.1) is 0 Å². The van der Waals surface area contributed by atoms with Crippen molar-refractivity contribution in [3.63, 3.8) is 0 Å². The molecule has 0 aromatic heterocycles. The number of carbonyl (C=O) groups is 1. The van der Waals surface area contributed by atoms with Crippen molar-refractivity contribution in [1.82, 2.24) is 0 Å². The summed E-state index contributed by atoms with van der Waals surface area (Å²) in [5.74, 6) is 0.502. The molecule has 0 saturated carbocycles. The molecule has 104 valence electrons. The number of anilines is 1. The number of hydrogen-bond acceptors (Lipinski definition) is 4. The van der Waals surface area contributed by atoms with Crippen molar-refractivity contribution in [3.05, 3.63) is 22.2 Å². The Kier molecular flexibility index (Phi) is 3.76. The van der Waals surface area contributed by atoms with Gasteiger partial charge in [0.2, 0.25) is 0 Å². The van der Waals surface area contributed by atoms with Crippen LogP contribution in [0.2, 0.25) is 0 Å². The number of hydrogen-bond donors (Lipinski definition) is 1. The fraction of sp³-hybridized carbons (Fsp3) is 0.500. The molecule has 2 rings (SSSR count). The third kappa shape index (κ3) is 3.03. The summed E-state index contributed by atoms with van der Waals surface area (Å²) in [6.45, 7) is 5.59. The highest BCUT2D eigenvalue weighted by molar-refractivity contribution is 9.10. The number of carbonyl (C=O) groups excluding carboxylic acids is 1. The second-order valence-corrected chi connectivity index (χ2v) is 6.39. The number of halogens is 1. The van der Waals surface area contributed by atoms with E-state index in [1.54, 1.807) is 7.11 Å². The summed E-state index contributed by atoms with van der Waals surface area (Å²) < 4.78 is 11.7. The second kappa shape index (κ2) is 5.04. The van der Waals surface area contributed by atoms with Crippen molar-refractivity contribution in [3.8, 4) is 5.75 Å². The predicted octanol–water partition coefficient (Wildman–Crippen LogP) is 3.14. The first-order valence-corrected chi connectivity index (χ1v) is 6.96. The lowest BCUT2D eigenvalue weighted by atomic mass is 10.1. The number of ether oxygens (including phenoxy) is 2. The Morgan fingerprint density at radius 1 is 1.42 bits per heavy atom. The monoisotopic (exact) mass is 327 g/mol. The molecule has 1 aromatic rings. The number of benzene rings is 1. The van der Waals surface area contributed by atoms with Gasteiger partial charge in [-0.15, -0.1) is 0 Å². The number of methoxy groups -OCH3 is 1. The molecule has 19 heavy (non-hydrogen) atoms. The lowest BCUT2D eigenvalue weighted by Crippen LogP contribution is -2.35. The third-order valence-electron chi connectivity index (χ3n) is 2.86. The van der Waals surface area contributed by atoms with E-state index in [0.717, 1.165) is 21.5 Å². The lowest BCUT2D eigenvalue weighted by molar-refractivity contribution is -0.155. The SMILES string of the molecule is COc1ccc(Br)c2c1N[C@H](C(=O)OC(C)(C)C)C2. The van der Waals surface area contributed by atoms with Crippen LogP contribution in [0.5, 0.6) is 5.75 Å². The van der Waals surface area contributed by atoms with Gasteiger partial charge in [0.1, 0.15) is 17.4 Å². The van der Waals surface area contributed by atoms with E-state index in [4.69, 9.17) is 9.47 Å². The standard InChI is InChI=1S/C14H18BrNO3/c1-14(2,3)19-13(17)10-7-8-9(15)5-6-11(18-4)12(8)16-10/h5-6,10,16H,7H2,1-4H3/t10-/m0/s1. The zero-order valence-electron chi connectivity index (χ0n) is 11.5. The quantitative estimate of drug-likeness (QED) is 0.848. The molecular formula is C14H18BrNO3. The molecule has 0 aliphatic carbocycles. The van der Waals surface area contributed by atoms with Gasteiger partial charge in [-0.2, -0.15) is 0 Å². The Balaban J connectivity index is 2.20. The molecule has 0 radical (unpaired) electrons. The first-order valence-electron chi connectivity index (χ1n) is 6.16. The van der Waals surface area contributed by atoms with E-state index in [-0.39, 0.29) is 12.0 Å². The molecule has 1 aromatic carbocycles. The molecule has 0 fully saturated rings. The number of esters is 1. The predicted molar refractivity (Wildman–Crippen MR) is 77.7 cm³/mol. The Bertz CT molecular complexity index is 508. The second-order valence-electron chi connectivity index (χ2n) is 5.54. The van der Waals surface area contributed by atoms with Crippen LogP contribution < -0.4 is 10.1 Å². The van der Waals surface area contributed by atoms with Crippen LogP contribution in [0.3, 0.4) is 0 Å². The maximum atomic E-state index is 12.1. The number of rotatable bonds is 2. The largest absolute Gasteiger partial charge is 0.495 e. The van der Waals surface area contributed by atoms with Crippen LogP contribution in [0.4, 0.5) is 5.69 Å². The van der Waals surface area contributed by atoms with Crippen molar-refractivity contribution < 1.29 is 14.3 Å². The van der Waals surface area contributed by atoms with Crippen LogP contribution in [-0.4, -0.2) is 24.7 Å². The zero-order valence-corrected chi connectivity index (χ0v) is 13.1. The van der Waals surface area contributed by atoms with Crippen molar-refractivity contribution in [1.29, 1.82) is 0 Å². The topological polar surface area (TPSA) is 47.6 Å². The van der Waals surface area contributed by atoms with Crippen molar-refractivity contribution in [2.24, 2.45) is 0 Å². The molecular weight excluding hydrogens is 310 g/mol. The van der Waals surface area contributed by atoms with Gasteiger partial charge in [0.05, 0.1) is 12.8 Å². The van der Waals surface area contributed by atoms with Gasteiger partial charge in [-0.25, -0.2) is 4.79 Å². The molecule has 1 atom stereocenters. The van der Waals surface area contributed by atoms with E-state index in [1.807, 2.05) is 32.9 Å². The number of nitrogens with one attached hydrogen (secondary N) is 1. The highest BCUT2D eigenvalue weighted by Crippen LogP contribution is 2.39. The average Bonchev–Trinajstić information content (AvgIpc) is 2.73. The van der Waals surface area contributed by atoms with Gasteiger partial charge < -0.3 is 14.8 Å². The Labute approximate surface area is 121 Å². The van der Waals surface area contributed by atoms with Gasteiger partial charge >= 0.3 is 5.97 Å². The average molecular weight is 328 g/mol.